The van der Waals surface area contributed by atoms with E-state index in [1.165, 1.54) is 5.56 Å². The molecule has 0 bridgehead atoms. The number of tetrazole rings is 1. The first-order chi connectivity index (χ1) is 14.2. The zero-order valence-corrected chi connectivity index (χ0v) is 15.6. The van der Waals surface area contributed by atoms with Crippen LogP contribution in [0.3, 0.4) is 0 Å². The van der Waals surface area contributed by atoms with Crippen LogP contribution in [0.2, 0.25) is 0 Å². The summed E-state index contributed by atoms with van der Waals surface area (Å²) in [6, 6.07) is 8.41. The van der Waals surface area contributed by atoms with Crippen LogP contribution in [-0.2, 0) is 4.79 Å². The van der Waals surface area contributed by atoms with Gasteiger partial charge in [-0.05, 0) is 59.4 Å². The number of fused-ring (bicyclic) bond motifs is 2. The van der Waals surface area contributed by atoms with Crippen molar-refractivity contribution < 1.29 is 4.79 Å². The number of hydrogen-bond donors (Lipinski definition) is 3. The van der Waals surface area contributed by atoms with Crippen molar-refractivity contribution in [3.8, 4) is 0 Å². The largest absolute Gasteiger partial charge is 0.337 e. The Bertz CT molecular complexity index is 1210. The molecule has 3 N–H and O–H groups in total. The molecule has 2 atom stereocenters. The molecule has 1 aliphatic rings. The van der Waals surface area contributed by atoms with Gasteiger partial charge >= 0.3 is 5.69 Å². The molecule has 4 aromatic rings. The lowest BCUT2D eigenvalue weighted by Crippen LogP contribution is -2.42. The first-order valence-corrected chi connectivity index (χ1v) is 9.68. The monoisotopic (exact) mass is 392 g/mol. The van der Waals surface area contributed by atoms with E-state index >= 15 is 0 Å². The quantitative estimate of drug-likeness (QED) is 0.439. The van der Waals surface area contributed by atoms with Crippen LogP contribution < -0.4 is 10.6 Å². The number of aromatic nitrogens is 7. The van der Waals surface area contributed by atoms with Gasteiger partial charge in [0.1, 0.15) is 6.29 Å². The normalized spacial score (nSPS) is 19.8. The highest BCUT2D eigenvalue weighted by Crippen LogP contribution is 2.35. The van der Waals surface area contributed by atoms with Crippen molar-refractivity contribution in [1.29, 1.82) is 0 Å². The second-order valence-corrected chi connectivity index (χ2v) is 7.45. The van der Waals surface area contributed by atoms with E-state index in [2.05, 4.69) is 52.6 Å². The number of imidazole rings is 1. The van der Waals surface area contributed by atoms with Crippen molar-refractivity contribution in [2.75, 3.05) is 11.4 Å². The van der Waals surface area contributed by atoms with Gasteiger partial charge in [-0.3, -0.25) is 4.98 Å². The molecule has 3 aromatic heterocycles. The molecule has 148 valence electrons. The molecule has 0 spiro atoms. The van der Waals surface area contributed by atoms with Gasteiger partial charge in [-0.25, -0.2) is 14.9 Å². The van der Waals surface area contributed by atoms with E-state index in [0.29, 0.717) is 29.5 Å². The molecule has 4 heterocycles. The van der Waals surface area contributed by atoms with Gasteiger partial charge < -0.3 is 14.7 Å². The molecular formula is C19H20N8O2. The van der Waals surface area contributed by atoms with E-state index in [-0.39, 0.29) is 11.7 Å². The minimum atomic E-state index is -0.254. The maximum absolute atomic E-state index is 11.5. The maximum Gasteiger partial charge on any atom is 0.325 e. The maximum atomic E-state index is 11.5. The summed E-state index contributed by atoms with van der Waals surface area (Å²) in [7, 11) is 0. The van der Waals surface area contributed by atoms with Crippen LogP contribution >= 0.6 is 0 Å². The minimum Gasteiger partial charge on any atom is -0.337 e. The van der Waals surface area contributed by atoms with Crippen LogP contribution in [0, 0.1) is 0 Å². The van der Waals surface area contributed by atoms with Gasteiger partial charge in [0, 0.05) is 24.4 Å². The highest BCUT2D eigenvalue weighted by Gasteiger charge is 2.31. The van der Waals surface area contributed by atoms with Gasteiger partial charge in [-0.2, -0.15) is 0 Å². The fraction of sp³-hybridized carbons (Fsp3) is 0.368. The third kappa shape index (κ3) is 3.26. The predicted octanol–water partition coefficient (Wildman–Crippen LogP) is 1.65. The molecule has 10 nitrogen and oxygen atoms in total. The van der Waals surface area contributed by atoms with E-state index in [1.807, 2.05) is 12.1 Å². The summed E-state index contributed by atoms with van der Waals surface area (Å²) in [6.45, 7) is 0.811. The molecule has 29 heavy (non-hydrogen) atoms. The summed E-state index contributed by atoms with van der Waals surface area (Å²) < 4.78 is 0. The van der Waals surface area contributed by atoms with Crippen LogP contribution in [0.15, 0.2) is 29.1 Å². The number of piperidine rings is 1. The minimum absolute atomic E-state index is 0.186. The summed E-state index contributed by atoms with van der Waals surface area (Å²) in [6.07, 6.45) is 4.11. The van der Waals surface area contributed by atoms with Gasteiger partial charge in [0.15, 0.2) is 5.65 Å². The molecule has 1 fully saturated rings. The third-order valence-corrected chi connectivity index (χ3v) is 5.73. The topological polar surface area (TPSA) is 136 Å². The van der Waals surface area contributed by atoms with Crippen molar-refractivity contribution in [3.63, 3.8) is 0 Å². The number of nitrogens with one attached hydrogen (secondary N) is 3. The molecule has 1 aliphatic heterocycles. The van der Waals surface area contributed by atoms with Gasteiger partial charge in [-0.15, -0.1) is 0 Å². The average Bonchev–Trinajstić information content (AvgIpc) is 3.38. The molecule has 1 saturated heterocycles. The van der Waals surface area contributed by atoms with Gasteiger partial charge in [0.25, 0.3) is 0 Å². The second kappa shape index (κ2) is 7.12. The first kappa shape index (κ1) is 17.5. The summed E-state index contributed by atoms with van der Waals surface area (Å²) in [5, 5.41) is 15.2. The number of benzene rings is 1. The number of pyridine rings is 1. The van der Waals surface area contributed by atoms with E-state index in [9.17, 15) is 9.59 Å². The molecular weight excluding hydrogens is 372 g/mol. The predicted molar refractivity (Wildman–Crippen MR) is 107 cm³/mol. The number of rotatable bonds is 5. The van der Waals surface area contributed by atoms with Crippen LogP contribution in [0.1, 0.15) is 37.2 Å². The van der Waals surface area contributed by atoms with E-state index in [4.69, 9.17) is 0 Å². The number of H-pyrrole nitrogens is 3. The van der Waals surface area contributed by atoms with Gasteiger partial charge in [0.2, 0.25) is 5.95 Å². The Hall–Kier alpha value is -3.56. The number of aldehydes is 1. The number of anilines is 1. The fourth-order valence-corrected chi connectivity index (χ4v) is 4.34. The van der Waals surface area contributed by atoms with E-state index in [1.54, 1.807) is 0 Å². The van der Waals surface area contributed by atoms with Crippen LogP contribution in [-0.4, -0.2) is 54.4 Å². The highest BCUT2D eigenvalue weighted by atomic mass is 16.1. The third-order valence-electron chi connectivity index (χ3n) is 5.73. The van der Waals surface area contributed by atoms with E-state index in [0.717, 1.165) is 43.0 Å². The van der Waals surface area contributed by atoms with Crippen molar-refractivity contribution >= 4 is 34.3 Å². The summed E-state index contributed by atoms with van der Waals surface area (Å²) in [5.41, 5.74) is 3.10. The van der Waals surface area contributed by atoms with Crippen molar-refractivity contribution in [1.82, 2.24) is 35.6 Å². The number of nitrogens with zero attached hydrogens (tertiary/aromatic N) is 5. The van der Waals surface area contributed by atoms with Crippen molar-refractivity contribution in [2.24, 2.45) is 0 Å². The Balaban J connectivity index is 1.45. The number of hydrogen-bond acceptors (Lipinski definition) is 7. The lowest BCUT2D eigenvalue weighted by Gasteiger charge is -2.39. The molecule has 0 aliphatic carbocycles. The Morgan fingerprint density at radius 2 is 2.17 bits per heavy atom. The van der Waals surface area contributed by atoms with Crippen LogP contribution in [0.25, 0.3) is 22.1 Å². The van der Waals surface area contributed by atoms with Gasteiger partial charge in [-0.1, -0.05) is 11.2 Å². The Morgan fingerprint density at radius 3 is 3.00 bits per heavy atom. The first-order valence-electron chi connectivity index (χ1n) is 9.68. The lowest BCUT2D eigenvalue weighted by atomic mass is 9.83. The summed E-state index contributed by atoms with van der Waals surface area (Å²) >= 11 is 0. The van der Waals surface area contributed by atoms with Crippen molar-refractivity contribution in [2.45, 2.75) is 37.6 Å². The molecule has 0 amide bonds. The number of aromatic amines is 3. The fourth-order valence-electron chi connectivity index (χ4n) is 4.34. The Morgan fingerprint density at radius 1 is 1.24 bits per heavy atom. The molecule has 2 unspecified atom stereocenters. The number of carbonyl (C=O) groups excluding carboxylic acids is 1. The zero-order chi connectivity index (χ0) is 19.8. The van der Waals surface area contributed by atoms with E-state index < -0.39 is 0 Å². The number of carbonyl (C=O) groups is 1. The molecule has 0 radical (unpaired) electrons. The summed E-state index contributed by atoms with van der Waals surface area (Å²) in [5.74, 6) is 1.02. The smallest absolute Gasteiger partial charge is 0.325 e. The Kier molecular flexibility index (Phi) is 4.30. The second-order valence-electron chi connectivity index (χ2n) is 7.45. The standard InChI is InChI=1S/C19H20N8O2/c28-7-1-2-14-9-12(5-6-27(14)18-23-25-26-24-18)11-3-4-15-13(8-11)10-16-17(20-15)22-19(29)21-16/h3-4,7-8,10,12,14H,1-2,5-6,9H2,(H2,20,21,22,29)(H,23,24,25,26). The van der Waals surface area contributed by atoms with Crippen LogP contribution in [0.4, 0.5) is 5.95 Å². The van der Waals surface area contributed by atoms with Crippen molar-refractivity contribution in [3.05, 3.63) is 40.3 Å². The Labute approximate surface area is 164 Å². The van der Waals surface area contributed by atoms with Gasteiger partial charge in [0.05, 0.1) is 11.0 Å². The highest BCUT2D eigenvalue weighted by molar-refractivity contribution is 5.89. The lowest BCUT2D eigenvalue weighted by molar-refractivity contribution is -0.108. The molecule has 5 rings (SSSR count). The molecule has 1 aromatic carbocycles. The van der Waals surface area contributed by atoms with Crippen LogP contribution in [0.5, 0.6) is 0 Å². The molecule has 0 saturated carbocycles. The molecule has 10 heteroatoms. The summed E-state index contributed by atoms with van der Waals surface area (Å²) in [4.78, 5) is 34.6. The average molecular weight is 392 g/mol. The SMILES string of the molecule is O=CCCC1CC(c2ccc3nc4[nH]c(=O)[nH]c4cc3c2)CCN1c1nnn[nH]1. The zero-order valence-electron chi connectivity index (χ0n) is 15.6.